The lowest BCUT2D eigenvalue weighted by Gasteiger charge is -2.34. The molecule has 0 saturated carbocycles. The van der Waals surface area contributed by atoms with E-state index >= 15 is 0 Å². The van der Waals surface area contributed by atoms with Gasteiger partial charge in [0.15, 0.2) is 0 Å². The van der Waals surface area contributed by atoms with Crippen molar-refractivity contribution < 1.29 is 21.6 Å². The lowest BCUT2D eigenvalue weighted by atomic mass is 9.81. The predicted octanol–water partition coefficient (Wildman–Crippen LogP) is 3.45. The number of piperidine rings is 1. The van der Waals surface area contributed by atoms with E-state index in [2.05, 4.69) is 10.0 Å². The molecule has 1 saturated heterocycles. The van der Waals surface area contributed by atoms with E-state index in [0.29, 0.717) is 12.1 Å². The van der Waals surface area contributed by atoms with Crippen molar-refractivity contribution in [1.82, 2.24) is 10.0 Å². The largest absolute Gasteiger partial charge is 0.416 e. The van der Waals surface area contributed by atoms with E-state index in [1.54, 1.807) is 0 Å². The fraction of sp³-hybridized carbons (Fsp3) is 0.571. The van der Waals surface area contributed by atoms with Crippen molar-refractivity contribution in [3.05, 3.63) is 28.8 Å². The van der Waals surface area contributed by atoms with Crippen LogP contribution >= 0.6 is 24.0 Å². The highest BCUT2D eigenvalue weighted by molar-refractivity contribution is 7.89. The second-order valence-electron chi connectivity index (χ2n) is 6.06. The molecule has 0 aliphatic carbocycles. The summed E-state index contributed by atoms with van der Waals surface area (Å²) in [5, 5.41) is 2.91. The fourth-order valence-corrected chi connectivity index (χ4v) is 4.01. The van der Waals surface area contributed by atoms with Gasteiger partial charge in [-0.3, -0.25) is 0 Å². The van der Waals surface area contributed by atoms with Crippen LogP contribution in [0.2, 0.25) is 5.02 Å². The van der Waals surface area contributed by atoms with Gasteiger partial charge in [0.25, 0.3) is 0 Å². The first kappa shape index (κ1) is 21.5. The Morgan fingerprint density at radius 3 is 2.38 bits per heavy atom. The molecule has 0 aromatic heterocycles. The number of hydrogen-bond donors (Lipinski definition) is 2. The van der Waals surface area contributed by atoms with Crippen molar-refractivity contribution in [2.75, 3.05) is 19.6 Å². The quantitative estimate of drug-likeness (QED) is 0.804. The van der Waals surface area contributed by atoms with E-state index < -0.39 is 26.7 Å². The average molecular weight is 407 g/mol. The van der Waals surface area contributed by atoms with Gasteiger partial charge in [-0.15, -0.1) is 12.4 Å². The van der Waals surface area contributed by atoms with Crippen LogP contribution in [0.1, 0.15) is 25.3 Å². The maximum absolute atomic E-state index is 12.8. The normalized spacial score (nSPS) is 18.0. The number of nitrogens with one attached hydrogen (secondary N) is 2. The first-order chi connectivity index (χ1) is 10.5. The third-order valence-corrected chi connectivity index (χ3v) is 5.61. The summed E-state index contributed by atoms with van der Waals surface area (Å²) in [6, 6.07) is 2.32. The molecule has 24 heavy (non-hydrogen) atoms. The van der Waals surface area contributed by atoms with Gasteiger partial charge in [-0.05, 0) is 49.5 Å². The minimum absolute atomic E-state index is 0. The lowest BCUT2D eigenvalue weighted by molar-refractivity contribution is -0.137. The molecule has 0 bridgehead atoms. The topological polar surface area (TPSA) is 58.2 Å². The van der Waals surface area contributed by atoms with Crippen LogP contribution < -0.4 is 10.0 Å². The zero-order valence-electron chi connectivity index (χ0n) is 12.9. The minimum atomic E-state index is -4.66. The molecule has 1 aliphatic rings. The van der Waals surface area contributed by atoms with E-state index in [9.17, 15) is 21.6 Å². The number of alkyl halides is 3. The van der Waals surface area contributed by atoms with Gasteiger partial charge in [0, 0.05) is 11.6 Å². The molecule has 4 nitrogen and oxygen atoms in total. The van der Waals surface area contributed by atoms with E-state index in [4.69, 9.17) is 11.6 Å². The number of sulfonamides is 1. The van der Waals surface area contributed by atoms with E-state index in [0.717, 1.165) is 32.0 Å². The van der Waals surface area contributed by atoms with Gasteiger partial charge >= 0.3 is 6.18 Å². The van der Waals surface area contributed by atoms with Crippen LogP contribution in [0.15, 0.2) is 23.1 Å². The minimum Gasteiger partial charge on any atom is -0.317 e. The number of halogens is 5. The molecule has 0 spiro atoms. The fourth-order valence-electron chi connectivity index (χ4n) is 2.44. The third kappa shape index (κ3) is 5.49. The van der Waals surface area contributed by atoms with Crippen LogP contribution in [0, 0.1) is 5.41 Å². The Kier molecular flexibility index (Phi) is 6.97. The summed E-state index contributed by atoms with van der Waals surface area (Å²) in [4.78, 5) is -0.477. The van der Waals surface area contributed by atoms with Gasteiger partial charge < -0.3 is 5.32 Å². The first-order valence-electron chi connectivity index (χ1n) is 7.10. The SMILES string of the molecule is CC1(CNS(=O)(=O)c2cc(Cl)cc(C(F)(F)F)c2)CCNCC1.Cl. The van der Waals surface area contributed by atoms with Crippen LogP contribution in [0.4, 0.5) is 13.2 Å². The highest BCUT2D eigenvalue weighted by Crippen LogP contribution is 2.33. The molecule has 2 rings (SSSR count). The zero-order valence-corrected chi connectivity index (χ0v) is 15.3. The summed E-state index contributed by atoms with van der Waals surface area (Å²) in [5.41, 5.74) is -1.30. The van der Waals surface area contributed by atoms with Crippen molar-refractivity contribution >= 4 is 34.0 Å². The van der Waals surface area contributed by atoms with Crippen molar-refractivity contribution in [1.29, 1.82) is 0 Å². The molecule has 1 heterocycles. The number of hydrogen-bond acceptors (Lipinski definition) is 3. The van der Waals surface area contributed by atoms with Gasteiger partial charge in [-0.1, -0.05) is 18.5 Å². The van der Waals surface area contributed by atoms with Crippen molar-refractivity contribution in [2.45, 2.75) is 30.8 Å². The molecule has 0 atom stereocenters. The Bertz CT molecular complexity index is 675. The lowest BCUT2D eigenvalue weighted by Crippen LogP contribution is -2.42. The molecule has 1 aliphatic heterocycles. The summed E-state index contributed by atoms with van der Waals surface area (Å²) in [5.74, 6) is 0. The maximum atomic E-state index is 12.8. The van der Waals surface area contributed by atoms with Crippen molar-refractivity contribution in [3.8, 4) is 0 Å². The molecule has 1 aromatic rings. The van der Waals surface area contributed by atoms with Crippen LogP contribution in [-0.4, -0.2) is 28.1 Å². The van der Waals surface area contributed by atoms with Gasteiger partial charge in [-0.25, -0.2) is 13.1 Å². The highest BCUT2D eigenvalue weighted by Gasteiger charge is 2.33. The number of benzene rings is 1. The van der Waals surface area contributed by atoms with Crippen molar-refractivity contribution in [3.63, 3.8) is 0 Å². The molecule has 1 fully saturated rings. The van der Waals surface area contributed by atoms with Gasteiger partial charge in [-0.2, -0.15) is 13.2 Å². The molecule has 10 heteroatoms. The average Bonchev–Trinajstić information content (AvgIpc) is 2.45. The molecular formula is C14H19Cl2F3N2O2S. The third-order valence-electron chi connectivity index (χ3n) is 4.01. The Labute approximate surface area is 150 Å². The molecule has 1 aromatic carbocycles. The molecule has 2 N–H and O–H groups in total. The van der Waals surface area contributed by atoms with E-state index in [-0.39, 0.29) is 29.4 Å². The molecular weight excluding hydrogens is 388 g/mol. The van der Waals surface area contributed by atoms with Crippen LogP contribution in [0.25, 0.3) is 0 Å². The smallest absolute Gasteiger partial charge is 0.317 e. The van der Waals surface area contributed by atoms with Gasteiger partial charge in [0.1, 0.15) is 0 Å². The Morgan fingerprint density at radius 1 is 1.25 bits per heavy atom. The summed E-state index contributed by atoms with van der Waals surface area (Å²) >= 11 is 5.64. The zero-order chi connectivity index (χ0) is 17.3. The second-order valence-corrected chi connectivity index (χ2v) is 8.26. The second kappa shape index (κ2) is 7.78. The monoisotopic (exact) mass is 406 g/mol. The maximum Gasteiger partial charge on any atom is 0.416 e. The van der Waals surface area contributed by atoms with Crippen LogP contribution in [-0.2, 0) is 16.2 Å². The van der Waals surface area contributed by atoms with Crippen LogP contribution in [0.3, 0.4) is 0 Å². The Hall–Kier alpha value is -0.540. The summed E-state index contributed by atoms with van der Waals surface area (Å²) in [6.45, 7) is 3.70. The predicted molar refractivity (Wildman–Crippen MR) is 89.1 cm³/mol. The molecule has 0 amide bonds. The molecule has 0 radical (unpaired) electrons. The summed E-state index contributed by atoms with van der Waals surface area (Å²) in [6.07, 6.45) is -3.08. The van der Waals surface area contributed by atoms with E-state index in [1.807, 2.05) is 6.92 Å². The highest BCUT2D eigenvalue weighted by atomic mass is 35.5. The first-order valence-corrected chi connectivity index (χ1v) is 8.96. The molecule has 138 valence electrons. The Morgan fingerprint density at radius 2 is 1.83 bits per heavy atom. The van der Waals surface area contributed by atoms with E-state index in [1.165, 1.54) is 0 Å². The Balaban J connectivity index is 0.00000288. The summed E-state index contributed by atoms with van der Waals surface area (Å²) < 4.78 is 65.4. The van der Waals surface area contributed by atoms with Crippen LogP contribution in [0.5, 0.6) is 0 Å². The standard InChI is InChI=1S/C14H18ClF3N2O2S.ClH/c1-13(2-4-19-5-3-13)9-20-23(21,22)12-7-10(14(16,17)18)6-11(15)8-12;/h6-8,19-20H,2-5,9H2,1H3;1H. The van der Waals surface area contributed by atoms with Crippen molar-refractivity contribution in [2.24, 2.45) is 5.41 Å². The van der Waals surface area contributed by atoms with Gasteiger partial charge in [0.05, 0.1) is 10.5 Å². The molecule has 0 unspecified atom stereocenters. The summed E-state index contributed by atoms with van der Waals surface area (Å²) in [7, 11) is -4.06. The van der Waals surface area contributed by atoms with Gasteiger partial charge in [0.2, 0.25) is 10.0 Å². The number of rotatable bonds is 4.